The van der Waals surface area contributed by atoms with Crippen LogP contribution in [0.1, 0.15) is 13.3 Å². The molecule has 1 saturated heterocycles. The van der Waals surface area contributed by atoms with Gasteiger partial charge >= 0.3 is 11.9 Å². The lowest BCUT2D eigenvalue weighted by molar-refractivity contribution is -0.159. The minimum absolute atomic E-state index is 0.0294. The number of halogens is 1. The van der Waals surface area contributed by atoms with E-state index in [1.54, 1.807) is 0 Å². The van der Waals surface area contributed by atoms with Gasteiger partial charge in [-0.3, -0.25) is 4.79 Å². The fourth-order valence-corrected chi connectivity index (χ4v) is 3.95. The zero-order chi connectivity index (χ0) is 13.9. The first-order valence-corrected chi connectivity index (χ1v) is 6.10. The van der Waals surface area contributed by atoms with Gasteiger partial charge in [0.1, 0.15) is 12.2 Å². The molecule has 0 N–H and O–H groups in total. The predicted octanol–water partition coefficient (Wildman–Crippen LogP) is 1.10. The molecule has 1 aliphatic heterocycles. The fraction of sp³-hybridized carbons (Fsp3) is 0.615. The molecule has 0 spiro atoms. The van der Waals surface area contributed by atoms with Crippen molar-refractivity contribution in [1.29, 1.82) is 5.26 Å². The molecule has 5 nitrogen and oxygen atoms in total. The van der Waals surface area contributed by atoms with Crippen LogP contribution in [0.5, 0.6) is 0 Å². The Hall–Kier alpha value is -1.90. The molecule has 19 heavy (non-hydrogen) atoms. The molecule has 3 fully saturated rings. The number of rotatable bonds is 2. The molecule has 6 atom stereocenters. The van der Waals surface area contributed by atoms with Crippen LogP contribution >= 0.6 is 0 Å². The number of fused-ring (bicyclic) bond motifs is 1. The number of nitrogens with zero attached hydrogens (tertiary/aromatic N) is 1. The molecule has 0 aromatic rings. The number of esters is 2. The van der Waals surface area contributed by atoms with E-state index in [2.05, 4.69) is 12.6 Å². The van der Waals surface area contributed by atoms with Crippen LogP contribution < -0.4 is 0 Å². The Kier molecular flexibility index (Phi) is 2.28. The van der Waals surface area contributed by atoms with Crippen LogP contribution in [0.4, 0.5) is 4.39 Å². The summed E-state index contributed by atoms with van der Waals surface area (Å²) in [6, 6.07) is 2.07. The third-order valence-corrected chi connectivity index (χ3v) is 4.74. The molecule has 1 heterocycles. The summed E-state index contributed by atoms with van der Waals surface area (Å²) in [4.78, 5) is 23.2. The van der Waals surface area contributed by atoms with Gasteiger partial charge in [-0.15, -0.1) is 0 Å². The Labute approximate surface area is 109 Å². The molecule has 6 heteroatoms. The van der Waals surface area contributed by atoms with Crippen molar-refractivity contribution in [3.8, 4) is 6.07 Å². The molecule has 0 aromatic carbocycles. The highest BCUT2D eigenvalue weighted by atomic mass is 19.1. The number of hydrogen-bond acceptors (Lipinski definition) is 5. The number of carbonyl (C=O) groups is 2. The van der Waals surface area contributed by atoms with Gasteiger partial charge in [0.15, 0.2) is 5.41 Å². The van der Waals surface area contributed by atoms with Crippen LogP contribution in [-0.2, 0) is 19.1 Å². The first kappa shape index (κ1) is 12.2. The topological polar surface area (TPSA) is 76.4 Å². The van der Waals surface area contributed by atoms with Crippen LogP contribution in [0, 0.1) is 34.5 Å². The zero-order valence-corrected chi connectivity index (χ0v) is 10.3. The molecule has 3 rings (SSSR count). The maximum atomic E-state index is 12.7. The van der Waals surface area contributed by atoms with E-state index in [4.69, 9.17) is 9.47 Å². The van der Waals surface area contributed by atoms with Gasteiger partial charge in [0, 0.05) is 11.8 Å². The molecule has 2 aliphatic carbocycles. The Morgan fingerprint density at radius 3 is 2.95 bits per heavy atom. The number of hydrogen-bond donors (Lipinski definition) is 0. The lowest BCUT2D eigenvalue weighted by atomic mass is 9.74. The van der Waals surface area contributed by atoms with E-state index in [1.807, 2.05) is 6.92 Å². The lowest BCUT2D eigenvalue weighted by Crippen LogP contribution is -2.39. The molecule has 0 aromatic heterocycles. The Balaban J connectivity index is 1.91. The predicted molar refractivity (Wildman–Crippen MR) is 58.8 cm³/mol. The first-order valence-electron chi connectivity index (χ1n) is 6.10. The third kappa shape index (κ3) is 1.28. The van der Waals surface area contributed by atoms with Gasteiger partial charge in [-0.05, 0) is 12.3 Å². The fourth-order valence-electron chi connectivity index (χ4n) is 3.95. The Morgan fingerprint density at radius 2 is 2.37 bits per heavy atom. The Bertz CT molecular complexity index is 539. The van der Waals surface area contributed by atoms with Crippen LogP contribution in [0.3, 0.4) is 0 Å². The highest BCUT2D eigenvalue weighted by molar-refractivity contribution is 5.86. The second-order valence-corrected chi connectivity index (χ2v) is 5.48. The molecule has 0 amide bonds. The molecule has 2 saturated carbocycles. The van der Waals surface area contributed by atoms with Crippen molar-refractivity contribution in [2.75, 3.05) is 0 Å². The van der Waals surface area contributed by atoms with Crippen molar-refractivity contribution < 1.29 is 23.5 Å². The summed E-state index contributed by atoms with van der Waals surface area (Å²) < 4.78 is 23.0. The van der Waals surface area contributed by atoms with Crippen LogP contribution in [0.25, 0.3) is 0 Å². The zero-order valence-electron chi connectivity index (χ0n) is 10.3. The maximum Gasteiger partial charge on any atom is 0.366 e. The summed E-state index contributed by atoms with van der Waals surface area (Å²) >= 11 is 0. The normalized spacial score (nSPS) is 45.7. The second kappa shape index (κ2) is 3.56. The third-order valence-electron chi connectivity index (χ3n) is 4.74. The average Bonchev–Trinajstić information content (AvgIpc) is 2.87. The monoisotopic (exact) mass is 265 g/mol. The van der Waals surface area contributed by atoms with Crippen LogP contribution in [-0.4, -0.2) is 24.1 Å². The molecule has 5 unspecified atom stereocenters. The van der Waals surface area contributed by atoms with E-state index < -0.39 is 35.4 Å². The van der Waals surface area contributed by atoms with Gasteiger partial charge in [-0.1, -0.05) is 13.5 Å². The lowest BCUT2D eigenvalue weighted by Gasteiger charge is -2.27. The maximum absolute atomic E-state index is 12.7. The summed E-state index contributed by atoms with van der Waals surface area (Å²) in [6.45, 7) is 4.79. The van der Waals surface area contributed by atoms with E-state index in [1.165, 1.54) is 0 Å². The smallest absolute Gasteiger partial charge is 0.366 e. The molecule has 0 radical (unpaired) electrons. The first-order chi connectivity index (χ1) is 8.92. The number of ether oxygens (including phenoxy) is 2. The summed E-state index contributed by atoms with van der Waals surface area (Å²) in [7, 11) is 0. The van der Waals surface area contributed by atoms with Crippen molar-refractivity contribution in [2.45, 2.75) is 25.6 Å². The average molecular weight is 265 g/mol. The minimum atomic E-state index is -1.17. The number of carbonyl (C=O) groups excluding carboxylic acids is 2. The van der Waals surface area contributed by atoms with E-state index in [0.29, 0.717) is 6.42 Å². The summed E-state index contributed by atoms with van der Waals surface area (Å²) in [5.74, 6) is -3.25. The van der Waals surface area contributed by atoms with Gasteiger partial charge in [-0.2, -0.15) is 9.65 Å². The summed E-state index contributed by atoms with van der Waals surface area (Å²) in [6.07, 6.45) is -1.00. The van der Waals surface area contributed by atoms with Gasteiger partial charge in [0.25, 0.3) is 0 Å². The summed E-state index contributed by atoms with van der Waals surface area (Å²) in [5, 5.41) is 9.28. The van der Waals surface area contributed by atoms with Crippen molar-refractivity contribution in [2.24, 2.45) is 23.2 Å². The van der Waals surface area contributed by atoms with Crippen molar-refractivity contribution in [3.63, 3.8) is 0 Å². The van der Waals surface area contributed by atoms with Gasteiger partial charge in [-0.25, -0.2) is 4.79 Å². The van der Waals surface area contributed by atoms with E-state index >= 15 is 0 Å². The van der Waals surface area contributed by atoms with Crippen molar-refractivity contribution in [1.82, 2.24) is 0 Å². The second-order valence-electron chi connectivity index (χ2n) is 5.48. The molecular weight excluding hydrogens is 253 g/mol. The number of nitriles is 1. The van der Waals surface area contributed by atoms with Gasteiger partial charge in [0.05, 0.1) is 6.07 Å². The standard InChI is InChI=1S/C13H12FNO4/c1-5-7-3-13(4-15)8(5)10(19-12(13)17)9(7)18-11(16)6(2)14/h5,7-10H,2-3H2,1H3/t5-,7?,8?,9?,10?,13?/m0/s1. The SMILES string of the molecule is C=C(F)C(=O)OC1C2OC(=O)C3(C#N)CC1[C@H](C)C23. The molecule has 2 bridgehead atoms. The summed E-state index contributed by atoms with van der Waals surface area (Å²) in [5.41, 5.74) is -1.11. The Morgan fingerprint density at radius 1 is 1.68 bits per heavy atom. The van der Waals surface area contributed by atoms with Crippen LogP contribution in [0.15, 0.2) is 12.4 Å². The quantitative estimate of drug-likeness (QED) is 0.552. The molecule has 3 aliphatic rings. The largest absolute Gasteiger partial charge is 0.457 e. The van der Waals surface area contributed by atoms with Gasteiger partial charge < -0.3 is 9.47 Å². The van der Waals surface area contributed by atoms with E-state index in [9.17, 15) is 19.2 Å². The highest BCUT2D eigenvalue weighted by Crippen LogP contribution is 2.64. The molecular formula is C13H12FNO4. The minimum Gasteiger partial charge on any atom is -0.457 e. The van der Waals surface area contributed by atoms with Crippen molar-refractivity contribution >= 4 is 11.9 Å². The van der Waals surface area contributed by atoms with E-state index in [-0.39, 0.29) is 17.8 Å². The highest BCUT2D eigenvalue weighted by Gasteiger charge is 2.75. The van der Waals surface area contributed by atoms with Crippen molar-refractivity contribution in [3.05, 3.63) is 12.4 Å². The van der Waals surface area contributed by atoms with E-state index in [0.717, 1.165) is 0 Å². The molecule has 100 valence electrons. The van der Waals surface area contributed by atoms with Crippen LogP contribution in [0.2, 0.25) is 0 Å². The van der Waals surface area contributed by atoms with Gasteiger partial charge in [0.2, 0.25) is 5.83 Å².